The summed E-state index contributed by atoms with van der Waals surface area (Å²) < 4.78 is 5.47. The van der Waals surface area contributed by atoms with Crippen molar-refractivity contribution < 1.29 is 14.3 Å². The molecule has 2 amide bonds. The second-order valence-electron chi connectivity index (χ2n) is 11.8. The van der Waals surface area contributed by atoms with Crippen LogP contribution in [0.15, 0.2) is 65.6 Å². The summed E-state index contributed by atoms with van der Waals surface area (Å²) in [5, 5.41) is 5.92. The molecule has 6 rings (SSSR count). The van der Waals surface area contributed by atoms with Gasteiger partial charge in [0.2, 0.25) is 11.8 Å². The van der Waals surface area contributed by atoms with Gasteiger partial charge in [-0.15, -0.1) is 0 Å². The van der Waals surface area contributed by atoms with Gasteiger partial charge in [0.05, 0.1) is 24.1 Å². The van der Waals surface area contributed by atoms with E-state index in [2.05, 4.69) is 26.1 Å². The quantitative estimate of drug-likeness (QED) is 0.230. The Hall–Kier alpha value is -4.48. The fraction of sp³-hybridized carbons (Fsp3) is 0.394. The number of nitrogens with one attached hydrogen (secondary N) is 2. The molecule has 2 fully saturated rings. The Labute approximate surface area is 255 Å². The highest BCUT2D eigenvalue weighted by Gasteiger charge is 2.36. The number of ether oxygens (including phenoxy) is 1. The van der Waals surface area contributed by atoms with Crippen LogP contribution >= 0.6 is 0 Å². The number of morpholine rings is 1. The highest BCUT2D eigenvalue weighted by atomic mass is 16.5. The zero-order valence-corrected chi connectivity index (χ0v) is 24.7. The number of fused-ring (bicyclic) bond motifs is 1. The normalized spacial score (nSPS) is 19.5. The average molecular weight is 598 g/mol. The summed E-state index contributed by atoms with van der Waals surface area (Å²) in [7, 11) is 0. The lowest BCUT2D eigenvalue weighted by Gasteiger charge is -2.35. The standard InChI is InChI=1S/C33H39N7O4/c34-20-22-3-7-24(8-4-22)33(43)40(26-9-10-27-28(19-26)37-38-32(27)42)29(31(35)41)17-21-1-5-23(6-2-21)25-11-12-36-30(18-25)39-13-15-44-16-14-39/h1-2,5-6,9-12,18-19,22,24,29H,3-4,7-8,13-17,20,34H2,(H2,35,41)(H2,37,38,42)/t22?,24?,29-/m0/s1. The molecule has 11 nitrogen and oxygen atoms in total. The molecule has 3 heterocycles. The first kappa shape index (κ1) is 29.6. The van der Waals surface area contributed by atoms with Gasteiger partial charge in [0.15, 0.2) is 0 Å². The van der Waals surface area contributed by atoms with Gasteiger partial charge >= 0.3 is 0 Å². The maximum Gasteiger partial charge on any atom is 0.271 e. The van der Waals surface area contributed by atoms with Crippen LogP contribution in [-0.2, 0) is 20.7 Å². The molecule has 0 spiro atoms. The monoisotopic (exact) mass is 597 g/mol. The molecule has 0 unspecified atom stereocenters. The number of rotatable bonds is 9. The molecule has 1 saturated carbocycles. The molecule has 1 aliphatic carbocycles. The molecule has 1 aliphatic heterocycles. The predicted molar refractivity (Wildman–Crippen MR) is 170 cm³/mol. The number of H-pyrrole nitrogens is 2. The van der Waals surface area contributed by atoms with Crippen molar-refractivity contribution in [3.8, 4) is 11.1 Å². The van der Waals surface area contributed by atoms with Gasteiger partial charge in [0, 0.05) is 37.3 Å². The van der Waals surface area contributed by atoms with E-state index >= 15 is 0 Å². The Morgan fingerprint density at radius 2 is 1.73 bits per heavy atom. The topological polar surface area (TPSA) is 163 Å². The summed E-state index contributed by atoms with van der Waals surface area (Å²) in [5.74, 6) is 0.356. The van der Waals surface area contributed by atoms with Crippen LogP contribution in [0.4, 0.5) is 11.5 Å². The number of hydrogen-bond acceptors (Lipinski definition) is 7. The van der Waals surface area contributed by atoms with Crippen molar-refractivity contribution in [2.45, 2.75) is 38.1 Å². The number of aromatic amines is 2. The molecule has 44 heavy (non-hydrogen) atoms. The third-order valence-electron chi connectivity index (χ3n) is 9.04. The van der Waals surface area contributed by atoms with E-state index < -0.39 is 11.9 Å². The van der Waals surface area contributed by atoms with Crippen molar-refractivity contribution in [1.29, 1.82) is 0 Å². The highest BCUT2D eigenvalue weighted by Crippen LogP contribution is 2.33. The number of benzene rings is 2. The Balaban J connectivity index is 1.27. The molecule has 1 saturated heterocycles. The minimum absolute atomic E-state index is 0.134. The summed E-state index contributed by atoms with van der Waals surface area (Å²) in [4.78, 5) is 47.7. The number of nitrogens with zero attached hydrogens (tertiary/aromatic N) is 3. The minimum Gasteiger partial charge on any atom is -0.378 e. The Kier molecular flexibility index (Phi) is 8.76. The smallest absolute Gasteiger partial charge is 0.271 e. The number of carbonyl (C=O) groups is 2. The molecule has 0 bridgehead atoms. The maximum atomic E-state index is 14.2. The first-order valence-electron chi connectivity index (χ1n) is 15.3. The molecule has 2 aromatic carbocycles. The number of nitrogens with two attached hydrogens (primary N) is 2. The second kappa shape index (κ2) is 13.0. The zero-order chi connectivity index (χ0) is 30.6. The van der Waals surface area contributed by atoms with Crippen LogP contribution in [0.2, 0.25) is 0 Å². The molecule has 6 N–H and O–H groups in total. The summed E-state index contributed by atoms with van der Waals surface area (Å²) in [6, 6.07) is 16.2. The van der Waals surface area contributed by atoms with Crippen LogP contribution in [-0.4, -0.2) is 65.9 Å². The van der Waals surface area contributed by atoms with Crippen LogP contribution in [0, 0.1) is 11.8 Å². The van der Waals surface area contributed by atoms with Crippen LogP contribution in [0.25, 0.3) is 22.0 Å². The maximum absolute atomic E-state index is 14.2. The van der Waals surface area contributed by atoms with Crippen LogP contribution in [0.1, 0.15) is 31.2 Å². The van der Waals surface area contributed by atoms with Gasteiger partial charge in [0.25, 0.3) is 5.56 Å². The third-order valence-corrected chi connectivity index (χ3v) is 9.04. The molecular formula is C33H39N7O4. The van der Waals surface area contributed by atoms with Gasteiger partial charge in [-0.2, -0.15) is 0 Å². The molecule has 2 aliphatic rings. The molecule has 2 aromatic heterocycles. The van der Waals surface area contributed by atoms with Gasteiger partial charge in [-0.1, -0.05) is 24.3 Å². The van der Waals surface area contributed by atoms with Crippen LogP contribution < -0.4 is 26.8 Å². The molecule has 230 valence electrons. The third kappa shape index (κ3) is 6.24. The summed E-state index contributed by atoms with van der Waals surface area (Å²) >= 11 is 0. The van der Waals surface area contributed by atoms with Gasteiger partial charge in [-0.05, 0) is 85.2 Å². The number of hydrogen-bond donors (Lipinski definition) is 4. The average Bonchev–Trinajstić information content (AvgIpc) is 3.44. The fourth-order valence-corrected chi connectivity index (χ4v) is 6.42. The van der Waals surface area contributed by atoms with Gasteiger partial charge < -0.3 is 21.1 Å². The lowest BCUT2D eigenvalue weighted by atomic mass is 9.81. The van der Waals surface area contributed by atoms with E-state index in [1.54, 1.807) is 23.1 Å². The number of amides is 2. The zero-order valence-electron chi connectivity index (χ0n) is 24.7. The minimum atomic E-state index is -0.919. The summed E-state index contributed by atoms with van der Waals surface area (Å²) in [5.41, 5.74) is 15.7. The van der Waals surface area contributed by atoms with Gasteiger partial charge in [0.1, 0.15) is 11.9 Å². The highest BCUT2D eigenvalue weighted by molar-refractivity contribution is 6.03. The Bertz CT molecular complexity index is 1670. The van der Waals surface area contributed by atoms with Gasteiger partial charge in [-0.3, -0.25) is 29.5 Å². The van der Waals surface area contributed by atoms with Crippen molar-refractivity contribution in [2.24, 2.45) is 23.3 Å². The number of anilines is 2. The molecular weight excluding hydrogens is 558 g/mol. The fourth-order valence-electron chi connectivity index (χ4n) is 6.42. The number of aromatic nitrogens is 3. The SMILES string of the molecule is NCC1CCC(C(=O)N(c2ccc3c(=O)[nH][nH]c3c2)[C@@H](Cc2ccc(-c3ccnc(N4CCOCC4)c3)cc2)C(N)=O)CC1. The number of carbonyl (C=O) groups excluding carboxylic acids is 2. The van der Waals surface area contributed by atoms with Crippen molar-refractivity contribution in [3.05, 3.63) is 76.7 Å². The summed E-state index contributed by atoms with van der Waals surface area (Å²) in [6.45, 7) is 3.59. The van der Waals surface area contributed by atoms with E-state index in [-0.39, 0.29) is 23.8 Å². The Morgan fingerprint density at radius 1 is 0.977 bits per heavy atom. The van der Waals surface area contributed by atoms with E-state index in [9.17, 15) is 14.4 Å². The largest absolute Gasteiger partial charge is 0.378 e. The van der Waals surface area contributed by atoms with E-state index in [0.29, 0.717) is 55.1 Å². The van der Waals surface area contributed by atoms with Gasteiger partial charge in [-0.25, -0.2) is 4.98 Å². The van der Waals surface area contributed by atoms with E-state index in [4.69, 9.17) is 16.2 Å². The van der Waals surface area contributed by atoms with Crippen molar-refractivity contribution >= 4 is 34.2 Å². The lowest BCUT2D eigenvalue weighted by Crippen LogP contribution is -2.52. The van der Waals surface area contributed by atoms with Crippen molar-refractivity contribution in [3.63, 3.8) is 0 Å². The van der Waals surface area contributed by atoms with Crippen molar-refractivity contribution in [2.75, 3.05) is 42.6 Å². The van der Waals surface area contributed by atoms with E-state index in [0.717, 1.165) is 48.4 Å². The number of primary amides is 1. The number of pyridine rings is 1. The Morgan fingerprint density at radius 3 is 2.43 bits per heavy atom. The first-order valence-corrected chi connectivity index (χ1v) is 15.3. The predicted octanol–water partition coefficient (Wildman–Crippen LogP) is 2.95. The first-order chi connectivity index (χ1) is 21.4. The van der Waals surface area contributed by atoms with E-state index in [1.807, 2.05) is 36.5 Å². The second-order valence-corrected chi connectivity index (χ2v) is 11.8. The molecule has 11 heteroatoms. The lowest BCUT2D eigenvalue weighted by molar-refractivity contribution is -0.127. The van der Waals surface area contributed by atoms with E-state index in [1.165, 1.54) is 0 Å². The molecule has 4 aromatic rings. The summed E-state index contributed by atoms with van der Waals surface area (Å²) in [6.07, 6.45) is 5.22. The molecule has 0 radical (unpaired) electrons. The van der Waals surface area contributed by atoms with Crippen LogP contribution in [0.5, 0.6) is 0 Å². The molecule has 1 atom stereocenters. The van der Waals surface area contributed by atoms with Crippen LogP contribution in [0.3, 0.4) is 0 Å². The van der Waals surface area contributed by atoms with Crippen molar-refractivity contribution in [1.82, 2.24) is 15.2 Å².